The fraction of sp³-hybridized carbons (Fsp3) is 0.364. The predicted molar refractivity (Wildman–Crippen MR) is 112 cm³/mol. The van der Waals surface area contributed by atoms with Crippen LogP contribution >= 0.6 is 23.2 Å². The summed E-state index contributed by atoms with van der Waals surface area (Å²) in [5.41, 5.74) is 7.16. The Morgan fingerprint density at radius 1 is 1.07 bits per heavy atom. The van der Waals surface area contributed by atoms with Gasteiger partial charge in [0.25, 0.3) is 5.91 Å². The Kier molecular flexibility index (Phi) is 5.81. The summed E-state index contributed by atoms with van der Waals surface area (Å²) in [5, 5.41) is 1.20. The zero-order chi connectivity index (χ0) is 20.5. The van der Waals surface area contributed by atoms with E-state index >= 15 is 0 Å². The molecule has 152 valence electrons. The molecule has 7 heteroatoms. The molecule has 1 heterocycles. The Bertz CT molecular complexity index is 915. The second-order valence-corrected chi connectivity index (χ2v) is 8.57. The summed E-state index contributed by atoms with van der Waals surface area (Å²) in [4.78, 5) is 26.7. The number of nitrogens with two attached hydrogens (primary N) is 1. The van der Waals surface area contributed by atoms with Gasteiger partial charge >= 0.3 is 0 Å². The minimum absolute atomic E-state index is 0.148. The number of halogens is 2. The molecule has 2 aliphatic rings. The normalized spacial score (nSPS) is 24.6. The SMILES string of the molecule is NC(=O)C[C@@H]1O[C@H](c2cccc(Cl)c2)[C@@H](c2ccc(Cl)cc2)N(CC2CC2)C1=O. The molecule has 0 unspecified atom stereocenters. The van der Waals surface area contributed by atoms with Gasteiger partial charge in [-0.25, -0.2) is 0 Å². The molecule has 1 aliphatic carbocycles. The van der Waals surface area contributed by atoms with Crippen molar-refractivity contribution in [1.82, 2.24) is 4.90 Å². The molecule has 0 bridgehead atoms. The van der Waals surface area contributed by atoms with E-state index in [-0.39, 0.29) is 18.4 Å². The van der Waals surface area contributed by atoms with Gasteiger partial charge in [-0.15, -0.1) is 0 Å². The van der Waals surface area contributed by atoms with Gasteiger partial charge in [-0.05, 0) is 54.2 Å². The quantitative estimate of drug-likeness (QED) is 0.739. The summed E-state index contributed by atoms with van der Waals surface area (Å²) in [5.74, 6) is -0.292. The van der Waals surface area contributed by atoms with E-state index in [2.05, 4.69) is 0 Å². The predicted octanol–water partition coefficient (Wildman–Crippen LogP) is 4.29. The lowest BCUT2D eigenvalue weighted by Crippen LogP contribution is -2.52. The van der Waals surface area contributed by atoms with Crippen LogP contribution < -0.4 is 5.73 Å². The van der Waals surface area contributed by atoms with E-state index in [0.29, 0.717) is 22.5 Å². The number of nitrogens with zero attached hydrogens (tertiary/aromatic N) is 1. The molecular weight excluding hydrogens is 411 g/mol. The van der Waals surface area contributed by atoms with Crippen molar-refractivity contribution in [3.8, 4) is 0 Å². The first-order valence-electron chi connectivity index (χ1n) is 9.67. The smallest absolute Gasteiger partial charge is 0.252 e. The Balaban J connectivity index is 1.78. The van der Waals surface area contributed by atoms with Crippen molar-refractivity contribution >= 4 is 35.0 Å². The second kappa shape index (κ2) is 8.34. The maximum atomic E-state index is 13.3. The monoisotopic (exact) mass is 432 g/mol. The summed E-state index contributed by atoms with van der Waals surface area (Å²) in [6.45, 7) is 0.627. The number of morpholine rings is 1. The van der Waals surface area contributed by atoms with Gasteiger partial charge in [-0.2, -0.15) is 0 Å². The topological polar surface area (TPSA) is 72.6 Å². The van der Waals surface area contributed by atoms with Crippen LogP contribution in [0, 0.1) is 5.92 Å². The van der Waals surface area contributed by atoms with Crippen LogP contribution in [-0.4, -0.2) is 29.4 Å². The van der Waals surface area contributed by atoms with E-state index in [1.54, 1.807) is 18.2 Å². The average molecular weight is 433 g/mol. The standard InChI is InChI=1S/C22H22Cl2N2O3/c23-16-8-6-14(7-9-16)20-21(15-2-1-3-17(24)10-15)29-18(11-19(25)27)22(28)26(20)12-13-4-5-13/h1-3,6-10,13,18,20-21H,4-5,11-12H2,(H2,25,27)/t18-,20+,21+/m0/s1. The summed E-state index contributed by atoms with van der Waals surface area (Å²) < 4.78 is 6.20. The van der Waals surface area contributed by atoms with Crippen LogP contribution in [0.1, 0.15) is 42.5 Å². The molecule has 2 N–H and O–H groups in total. The van der Waals surface area contributed by atoms with Gasteiger partial charge in [0.2, 0.25) is 5.91 Å². The van der Waals surface area contributed by atoms with Gasteiger partial charge in [0.05, 0.1) is 12.5 Å². The highest BCUT2D eigenvalue weighted by atomic mass is 35.5. The molecule has 1 aliphatic heterocycles. The number of rotatable bonds is 6. The fourth-order valence-corrected chi connectivity index (χ4v) is 4.18. The Hall–Kier alpha value is -2.08. The highest BCUT2D eigenvalue weighted by Gasteiger charge is 2.46. The maximum absolute atomic E-state index is 13.3. The van der Waals surface area contributed by atoms with Gasteiger partial charge in [0, 0.05) is 16.6 Å². The molecule has 4 rings (SSSR count). The van der Waals surface area contributed by atoms with Crippen molar-refractivity contribution in [3.63, 3.8) is 0 Å². The number of amides is 2. The Morgan fingerprint density at radius 2 is 1.79 bits per heavy atom. The van der Waals surface area contributed by atoms with Gasteiger partial charge in [-0.3, -0.25) is 9.59 Å². The third-order valence-corrected chi connectivity index (χ3v) is 5.91. The first-order chi connectivity index (χ1) is 13.9. The summed E-state index contributed by atoms with van der Waals surface area (Å²) in [6.07, 6.45) is 0.666. The van der Waals surface area contributed by atoms with Gasteiger partial charge in [0.1, 0.15) is 12.2 Å². The lowest BCUT2D eigenvalue weighted by molar-refractivity contribution is -0.176. The van der Waals surface area contributed by atoms with E-state index in [1.807, 2.05) is 35.2 Å². The van der Waals surface area contributed by atoms with E-state index in [9.17, 15) is 9.59 Å². The first-order valence-corrected chi connectivity index (χ1v) is 10.4. The van der Waals surface area contributed by atoms with Crippen molar-refractivity contribution in [1.29, 1.82) is 0 Å². The molecule has 2 aromatic carbocycles. The molecule has 29 heavy (non-hydrogen) atoms. The lowest BCUT2D eigenvalue weighted by atomic mass is 9.91. The Labute approximate surface area is 179 Å². The van der Waals surface area contributed by atoms with Gasteiger partial charge in [-0.1, -0.05) is 47.5 Å². The molecule has 5 nitrogen and oxygen atoms in total. The zero-order valence-electron chi connectivity index (χ0n) is 15.8. The van der Waals surface area contributed by atoms with E-state index in [0.717, 1.165) is 24.0 Å². The molecule has 2 amide bonds. The third-order valence-electron chi connectivity index (χ3n) is 5.42. The van der Waals surface area contributed by atoms with Crippen LogP contribution in [0.5, 0.6) is 0 Å². The Morgan fingerprint density at radius 3 is 2.41 bits per heavy atom. The largest absolute Gasteiger partial charge is 0.370 e. The van der Waals surface area contributed by atoms with Crippen LogP contribution in [0.15, 0.2) is 48.5 Å². The average Bonchev–Trinajstić information content (AvgIpc) is 3.49. The van der Waals surface area contributed by atoms with Crippen molar-refractivity contribution in [3.05, 3.63) is 69.7 Å². The van der Waals surface area contributed by atoms with Crippen LogP contribution in [0.4, 0.5) is 0 Å². The van der Waals surface area contributed by atoms with E-state index in [1.165, 1.54) is 0 Å². The molecule has 2 fully saturated rings. The van der Waals surface area contributed by atoms with E-state index in [4.69, 9.17) is 33.7 Å². The molecule has 1 saturated heterocycles. The number of primary amides is 1. The highest BCUT2D eigenvalue weighted by Crippen LogP contribution is 2.45. The van der Waals surface area contributed by atoms with E-state index < -0.39 is 18.1 Å². The molecule has 0 spiro atoms. The summed E-state index contributed by atoms with van der Waals surface area (Å²) >= 11 is 12.3. The second-order valence-electron chi connectivity index (χ2n) is 7.70. The van der Waals surface area contributed by atoms with Gasteiger partial charge < -0.3 is 15.4 Å². The minimum atomic E-state index is -0.904. The van der Waals surface area contributed by atoms with Crippen molar-refractivity contribution in [2.75, 3.05) is 6.54 Å². The minimum Gasteiger partial charge on any atom is -0.370 e. The van der Waals surface area contributed by atoms with Crippen LogP contribution in [0.25, 0.3) is 0 Å². The van der Waals surface area contributed by atoms with Crippen LogP contribution in [-0.2, 0) is 14.3 Å². The number of carbonyl (C=O) groups is 2. The fourth-order valence-electron chi connectivity index (χ4n) is 3.85. The van der Waals surface area contributed by atoms with Crippen molar-refractivity contribution in [2.45, 2.75) is 37.5 Å². The zero-order valence-corrected chi connectivity index (χ0v) is 17.3. The number of hydrogen-bond donors (Lipinski definition) is 1. The summed E-state index contributed by atoms with van der Waals surface area (Å²) in [6, 6.07) is 14.5. The molecule has 1 saturated carbocycles. The highest BCUT2D eigenvalue weighted by molar-refractivity contribution is 6.30. The van der Waals surface area contributed by atoms with Gasteiger partial charge in [0.15, 0.2) is 0 Å². The van der Waals surface area contributed by atoms with Crippen LogP contribution in [0.2, 0.25) is 10.0 Å². The number of hydrogen-bond acceptors (Lipinski definition) is 3. The number of ether oxygens (including phenoxy) is 1. The number of carbonyl (C=O) groups excluding carboxylic acids is 2. The molecule has 2 aromatic rings. The first kappa shape index (κ1) is 20.2. The maximum Gasteiger partial charge on any atom is 0.252 e. The molecular formula is C22H22Cl2N2O3. The number of benzene rings is 2. The molecule has 0 radical (unpaired) electrons. The summed E-state index contributed by atoms with van der Waals surface area (Å²) in [7, 11) is 0. The van der Waals surface area contributed by atoms with Crippen LogP contribution in [0.3, 0.4) is 0 Å². The van der Waals surface area contributed by atoms with Crippen molar-refractivity contribution in [2.24, 2.45) is 11.7 Å². The lowest BCUT2D eigenvalue weighted by Gasteiger charge is -2.45. The third kappa shape index (κ3) is 4.58. The van der Waals surface area contributed by atoms with Crippen molar-refractivity contribution < 1.29 is 14.3 Å². The molecule has 3 atom stereocenters. The molecule has 0 aromatic heterocycles.